The zero-order valence-corrected chi connectivity index (χ0v) is 19.7. The number of nitrogens with zero attached hydrogens (tertiary/aromatic N) is 5. The molecule has 0 bridgehead atoms. The van der Waals surface area contributed by atoms with Gasteiger partial charge < -0.3 is 15.2 Å². The molecule has 2 atom stereocenters. The Morgan fingerprint density at radius 3 is 2.91 bits per heavy atom. The number of nitriles is 1. The normalized spacial score (nSPS) is 20.4. The molecule has 2 aliphatic rings. The van der Waals surface area contributed by atoms with Crippen molar-refractivity contribution in [3.05, 3.63) is 87.0 Å². The van der Waals surface area contributed by atoms with Crippen LogP contribution in [0, 0.1) is 17.2 Å². The van der Waals surface area contributed by atoms with Gasteiger partial charge in [0, 0.05) is 48.0 Å². The first kappa shape index (κ1) is 22.5. The molecule has 5 rings (SSSR count). The Labute approximate surface area is 203 Å². The molecular weight excluding hydrogens is 448 g/mol. The molecule has 1 aromatic carbocycles. The summed E-state index contributed by atoms with van der Waals surface area (Å²) in [6.45, 7) is 1.90. The van der Waals surface area contributed by atoms with Crippen molar-refractivity contribution in [3.63, 3.8) is 0 Å². The van der Waals surface area contributed by atoms with Crippen LogP contribution in [0.2, 0.25) is 0 Å². The van der Waals surface area contributed by atoms with Gasteiger partial charge in [-0.05, 0) is 43.4 Å². The third kappa shape index (κ3) is 4.27. The second kappa shape index (κ2) is 9.49. The molecule has 1 aliphatic carbocycles. The van der Waals surface area contributed by atoms with Gasteiger partial charge in [-0.1, -0.05) is 42.0 Å². The van der Waals surface area contributed by atoms with Crippen LogP contribution in [-0.4, -0.2) is 33.3 Å². The summed E-state index contributed by atoms with van der Waals surface area (Å²) in [6, 6.07) is 9.66. The minimum atomic E-state index is -0.128. The fourth-order valence-corrected chi connectivity index (χ4v) is 5.18. The highest BCUT2D eigenvalue weighted by molar-refractivity contribution is 6.30. The Balaban J connectivity index is 1.61. The summed E-state index contributed by atoms with van der Waals surface area (Å²) in [5.41, 5.74) is 8.99. The Morgan fingerprint density at radius 1 is 1.26 bits per heavy atom. The van der Waals surface area contributed by atoms with Crippen LogP contribution in [0.4, 0.5) is 5.82 Å². The summed E-state index contributed by atoms with van der Waals surface area (Å²) in [6.07, 6.45) is 13.0. The summed E-state index contributed by atoms with van der Waals surface area (Å²) >= 11 is 6.56. The van der Waals surface area contributed by atoms with E-state index in [9.17, 15) is 10.1 Å². The van der Waals surface area contributed by atoms with E-state index >= 15 is 0 Å². The van der Waals surface area contributed by atoms with E-state index in [-0.39, 0.29) is 17.5 Å². The van der Waals surface area contributed by atoms with Gasteiger partial charge in [-0.2, -0.15) is 5.26 Å². The lowest BCUT2D eigenvalue weighted by Gasteiger charge is -2.32. The first-order chi connectivity index (χ1) is 16.5. The van der Waals surface area contributed by atoms with Gasteiger partial charge in [-0.3, -0.25) is 4.79 Å². The Bertz CT molecular complexity index is 1380. The molecule has 1 saturated heterocycles. The van der Waals surface area contributed by atoms with Crippen molar-refractivity contribution < 1.29 is 0 Å². The lowest BCUT2D eigenvalue weighted by Crippen LogP contribution is -2.43. The van der Waals surface area contributed by atoms with Crippen molar-refractivity contribution in [2.45, 2.75) is 38.3 Å². The van der Waals surface area contributed by atoms with Crippen LogP contribution in [0.15, 0.2) is 64.7 Å². The molecule has 174 valence electrons. The van der Waals surface area contributed by atoms with Gasteiger partial charge >= 0.3 is 0 Å². The van der Waals surface area contributed by atoms with Crippen molar-refractivity contribution in [1.82, 2.24) is 14.2 Å². The Hall–Kier alpha value is -3.34. The number of allylic oxidation sites excluding steroid dienone is 4. The summed E-state index contributed by atoms with van der Waals surface area (Å²) in [5, 5.41) is 15.1. The van der Waals surface area contributed by atoms with Gasteiger partial charge in [-0.15, -0.1) is 5.10 Å². The number of piperidine rings is 1. The fraction of sp³-hybridized carbons (Fsp3) is 0.346. The predicted molar refractivity (Wildman–Crippen MR) is 134 cm³/mol. The van der Waals surface area contributed by atoms with E-state index in [1.54, 1.807) is 21.3 Å². The molecule has 8 heteroatoms. The minimum absolute atomic E-state index is 0.0895. The number of benzene rings is 1. The van der Waals surface area contributed by atoms with Crippen molar-refractivity contribution in [2.75, 3.05) is 18.0 Å². The number of rotatable bonds is 5. The largest absolute Gasteiger partial charge is 0.353 e. The first-order valence-electron chi connectivity index (χ1n) is 11.7. The maximum Gasteiger partial charge on any atom is 0.277 e. The third-order valence-electron chi connectivity index (χ3n) is 6.73. The van der Waals surface area contributed by atoms with Crippen molar-refractivity contribution in [2.24, 2.45) is 11.7 Å². The average molecular weight is 475 g/mol. The molecule has 1 unspecified atom stereocenters. The van der Waals surface area contributed by atoms with E-state index in [0.29, 0.717) is 24.0 Å². The first-order valence-corrected chi connectivity index (χ1v) is 12.0. The molecule has 0 spiro atoms. The molecule has 3 heterocycles. The monoisotopic (exact) mass is 474 g/mol. The quantitative estimate of drug-likeness (QED) is 0.610. The topological polar surface area (TPSA) is 92.3 Å². The van der Waals surface area contributed by atoms with Crippen LogP contribution in [-0.2, 0) is 13.0 Å². The van der Waals surface area contributed by atoms with Gasteiger partial charge in [0.25, 0.3) is 5.56 Å². The highest BCUT2D eigenvalue weighted by Crippen LogP contribution is 2.33. The van der Waals surface area contributed by atoms with E-state index in [2.05, 4.69) is 17.0 Å². The number of halogens is 1. The number of hydrogen-bond donors (Lipinski definition) is 1. The summed E-state index contributed by atoms with van der Waals surface area (Å²) in [7, 11) is 0. The van der Waals surface area contributed by atoms with Crippen LogP contribution < -0.4 is 16.2 Å². The van der Waals surface area contributed by atoms with Gasteiger partial charge in [0.05, 0.1) is 18.2 Å². The molecule has 1 aliphatic heterocycles. The third-order valence-corrected chi connectivity index (χ3v) is 7.16. The van der Waals surface area contributed by atoms with Crippen LogP contribution in [0.1, 0.15) is 36.0 Å². The van der Waals surface area contributed by atoms with Gasteiger partial charge in [0.2, 0.25) is 0 Å². The SMILES string of the molecule is N#Cc1ccccc1Cn1ccn2nc(N3CCC[C@@H](N)C3)c(CC3CC=CC=C3Cl)c2c1=O. The number of anilines is 1. The maximum absolute atomic E-state index is 13.8. The van der Waals surface area contributed by atoms with Crippen molar-refractivity contribution in [3.8, 4) is 6.07 Å². The second-order valence-electron chi connectivity index (χ2n) is 9.06. The van der Waals surface area contributed by atoms with E-state index in [4.69, 9.17) is 22.4 Å². The van der Waals surface area contributed by atoms with Crippen LogP contribution in [0.3, 0.4) is 0 Å². The van der Waals surface area contributed by atoms with E-state index in [0.717, 1.165) is 54.3 Å². The number of aromatic nitrogens is 3. The van der Waals surface area contributed by atoms with Gasteiger partial charge in [0.1, 0.15) is 5.52 Å². The molecule has 3 aromatic rings. The molecule has 34 heavy (non-hydrogen) atoms. The van der Waals surface area contributed by atoms with Crippen molar-refractivity contribution >= 4 is 22.9 Å². The maximum atomic E-state index is 13.8. The molecule has 2 aromatic heterocycles. The Kier molecular flexibility index (Phi) is 6.27. The van der Waals surface area contributed by atoms with Gasteiger partial charge in [-0.25, -0.2) is 4.52 Å². The van der Waals surface area contributed by atoms with E-state index in [1.807, 2.05) is 36.5 Å². The van der Waals surface area contributed by atoms with E-state index < -0.39 is 0 Å². The van der Waals surface area contributed by atoms with Crippen LogP contribution >= 0.6 is 11.6 Å². The molecule has 2 N–H and O–H groups in total. The smallest absolute Gasteiger partial charge is 0.277 e. The molecule has 0 radical (unpaired) electrons. The standard InChI is InChI=1S/C26H27ClN6O/c27-23-10-4-3-6-18(23)14-22-24-26(34)32(16-20-8-2-1-7-19(20)15-28)12-13-33(24)30-25(22)31-11-5-9-21(29)17-31/h1-4,7-8,10,12-13,18,21H,5-6,9,11,14,16-17,29H2/t18?,21-/m1/s1. The highest BCUT2D eigenvalue weighted by atomic mass is 35.5. The highest BCUT2D eigenvalue weighted by Gasteiger charge is 2.28. The zero-order valence-electron chi connectivity index (χ0n) is 18.9. The summed E-state index contributed by atoms with van der Waals surface area (Å²) in [5.74, 6) is 0.922. The molecule has 0 saturated carbocycles. The molecule has 1 fully saturated rings. The minimum Gasteiger partial charge on any atom is -0.353 e. The molecule has 7 nitrogen and oxygen atoms in total. The number of nitrogens with two attached hydrogens (primary N) is 1. The Morgan fingerprint density at radius 2 is 2.12 bits per heavy atom. The van der Waals surface area contributed by atoms with Crippen LogP contribution in [0.5, 0.6) is 0 Å². The van der Waals surface area contributed by atoms with Crippen LogP contribution in [0.25, 0.3) is 5.52 Å². The zero-order chi connectivity index (χ0) is 23.7. The lowest BCUT2D eigenvalue weighted by molar-refractivity contribution is 0.500. The van der Waals surface area contributed by atoms with Gasteiger partial charge in [0.15, 0.2) is 5.82 Å². The summed E-state index contributed by atoms with van der Waals surface area (Å²) in [4.78, 5) is 16.0. The second-order valence-corrected chi connectivity index (χ2v) is 9.50. The summed E-state index contributed by atoms with van der Waals surface area (Å²) < 4.78 is 3.34. The number of fused-ring (bicyclic) bond motifs is 1. The van der Waals surface area contributed by atoms with E-state index in [1.165, 1.54) is 0 Å². The fourth-order valence-electron chi connectivity index (χ4n) is 4.94. The average Bonchev–Trinajstić information content (AvgIpc) is 3.21. The molecular formula is C26H27ClN6O. The lowest BCUT2D eigenvalue weighted by atomic mass is 9.92. The predicted octanol–water partition coefficient (Wildman–Crippen LogP) is 3.58. The molecule has 0 amide bonds. The van der Waals surface area contributed by atoms with Crippen molar-refractivity contribution in [1.29, 1.82) is 5.26 Å². The number of hydrogen-bond acceptors (Lipinski definition) is 5.